The Hall–Kier alpha value is -2.67. The van der Waals surface area contributed by atoms with Gasteiger partial charge in [0.1, 0.15) is 0 Å². The maximum Gasteiger partial charge on any atom is 0.254 e. The van der Waals surface area contributed by atoms with Crippen LogP contribution in [0.5, 0.6) is 0 Å². The number of aromatic nitrogens is 1. The molecule has 0 saturated carbocycles. The number of benzene rings is 1. The van der Waals surface area contributed by atoms with Crippen LogP contribution < -0.4 is 0 Å². The zero-order chi connectivity index (χ0) is 14.2. The van der Waals surface area contributed by atoms with Crippen molar-refractivity contribution in [1.29, 1.82) is 5.26 Å². The van der Waals surface area contributed by atoms with Crippen molar-refractivity contribution in [2.45, 2.75) is 13.0 Å². The number of hydrogen-bond donors (Lipinski definition) is 0. The first-order valence-electron chi connectivity index (χ1n) is 6.41. The highest BCUT2D eigenvalue weighted by Gasteiger charge is 2.15. The van der Waals surface area contributed by atoms with Gasteiger partial charge in [-0.15, -0.1) is 0 Å². The number of rotatable bonds is 5. The van der Waals surface area contributed by atoms with Crippen LogP contribution in [0.25, 0.3) is 0 Å². The molecule has 0 saturated heterocycles. The van der Waals surface area contributed by atoms with Crippen LogP contribution in [-0.2, 0) is 6.54 Å². The Morgan fingerprint density at radius 2 is 2.00 bits per heavy atom. The second kappa shape index (κ2) is 7.05. The summed E-state index contributed by atoms with van der Waals surface area (Å²) in [6.45, 7) is 0.877. The fourth-order valence-corrected chi connectivity index (χ4v) is 1.91. The van der Waals surface area contributed by atoms with E-state index in [0.29, 0.717) is 25.1 Å². The molecule has 0 aliphatic heterocycles. The van der Waals surface area contributed by atoms with Crippen molar-refractivity contribution in [2.24, 2.45) is 0 Å². The van der Waals surface area contributed by atoms with Crippen molar-refractivity contribution in [1.82, 2.24) is 9.88 Å². The molecule has 0 radical (unpaired) electrons. The molecule has 0 atom stereocenters. The minimum Gasteiger partial charge on any atom is -0.333 e. The lowest BCUT2D eigenvalue weighted by atomic mass is 10.1. The first kappa shape index (κ1) is 13.8. The summed E-state index contributed by atoms with van der Waals surface area (Å²) in [6.07, 6.45) is 3.75. The lowest BCUT2D eigenvalue weighted by Crippen LogP contribution is -2.31. The summed E-state index contributed by atoms with van der Waals surface area (Å²) in [5.74, 6) is -0.0651. The average molecular weight is 265 g/mol. The summed E-state index contributed by atoms with van der Waals surface area (Å²) in [4.78, 5) is 18.2. The Bertz CT molecular complexity index is 590. The molecule has 1 aromatic carbocycles. The maximum atomic E-state index is 12.5. The molecular formula is C16H15N3O. The van der Waals surface area contributed by atoms with Gasteiger partial charge >= 0.3 is 0 Å². The Morgan fingerprint density at radius 3 is 2.65 bits per heavy atom. The van der Waals surface area contributed by atoms with Crippen molar-refractivity contribution >= 4 is 5.91 Å². The Balaban J connectivity index is 2.15. The van der Waals surface area contributed by atoms with E-state index in [4.69, 9.17) is 5.26 Å². The van der Waals surface area contributed by atoms with E-state index in [2.05, 4.69) is 11.1 Å². The topological polar surface area (TPSA) is 57.0 Å². The summed E-state index contributed by atoms with van der Waals surface area (Å²) in [5.41, 5.74) is 1.59. The highest BCUT2D eigenvalue weighted by Crippen LogP contribution is 2.10. The molecule has 0 N–H and O–H groups in total. The average Bonchev–Trinajstić information content (AvgIpc) is 2.52. The lowest BCUT2D eigenvalue weighted by Gasteiger charge is -2.21. The van der Waals surface area contributed by atoms with Gasteiger partial charge in [0.25, 0.3) is 5.91 Å². The molecule has 1 amide bonds. The van der Waals surface area contributed by atoms with Crippen LogP contribution in [0.15, 0.2) is 54.9 Å². The molecule has 20 heavy (non-hydrogen) atoms. The minimum atomic E-state index is -0.0651. The Kier molecular flexibility index (Phi) is 4.85. The van der Waals surface area contributed by atoms with Gasteiger partial charge in [0.15, 0.2) is 0 Å². The third kappa shape index (κ3) is 3.66. The smallest absolute Gasteiger partial charge is 0.254 e. The zero-order valence-electron chi connectivity index (χ0n) is 11.1. The first-order valence-corrected chi connectivity index (χ1v) is 6.41. The SMILES string of the molecule is N#CCCN(Cc1cccnc1)C(=O)c1ccccc1. The van der Waals surface area contributed by atoms with Gasteiger partial charge in [-0.3, -0.25) is 9.78 Å². The minimum absolute atomic E-state index is 0.0651. The van der Waals surface area contributed by atoms with Gasteiger partial charge in [-0.1, -0.05) is 24.3 Å². The van der Waals surface area contributed by atoms with Gasteiger partial charge in [0, 0.05) is 31.0 Å². The molecule has 100 valence electrons. The van der Waals surface area contributed by atoms with E-state index in [1.807, 2.05) is 30.3 Å². The standard InChI is InChI=1S/C16H15N3O/c17-9-5-11-19(13-14-6-4-10-18-12-14)16(20)15-7-2-1-3-8-15/h1-4,6-8,10,12H,5,11,13H2. The molecular weight excluding hydrogens is 250 g/mol. The molecule has 0 fully saturated rings. The number of nitrogens with zero attached hydrogens (tertiary/aromatic N) is 3. The quantitative estimate of drug-likeness (QED) is 0.835. The van der Waals surface area contributed by atoms with Crippen LogP contribution in [0.2, 0.25) is 0 Å². The molecule has 4 heteroatoms. The fourth-order valence-electron chi connectivity index (χ4n) is 1.91. The monoisotopic (exact) mass is 265 g/mol. The third-order valence-corrected chi connectivity index (χ3v) is 2.90. The molecule has 1 aromatic heterocycles. The zero-order valence-corrected chi connectivity index (χ0v) is 11.1. The maximum absolute atomic E-state index is 12.5. The summed E-state index contributed by atoms with van der Waals surface area (Å²) in [5, 5.41) is 8.73. The van der Waals surface area contributed by atoms with E-state index >= 15 is 0 Å². The normalized spacial score (nSPS) is 9.75. The molecule has 0 aliphatic rings. The Labute approximate surface area is 118 Å². The van der Waals surface area contributed by atoms with Gasteiger partial charge in [-0.25, -0.2) is 0 Å². The van der Waals surface area contributed by atoms with E-state index in [0.717, 1.165) is 5.56 Å². The number of pyridine rings is 1. The molecule has 2 aromatic rings. The summed E-state index contributed by atoms with van der Waals surface area (Å²) >= 11 is 0. The van der Waals surface area contributed by atoms with E-state index in [-0.39, 0.29) is 5.91 Å². The van der Waals surface area contributed by atoms with Crippen LogP contribution in [0.3, 0.4) is 0 Å². The van der Waals surface area contributed by atoms with Gasteiger partial charge < -0.3 is 4.90 Å². The third-order valence-electron chi connectivity index (χ3n) is 2.90. The number of amides is 1. The molecule has 0 spiro atoms. The van der Waals surface area contributed by atoms with E-state index in [1.54, 1.807) is 29.4 Å². The number of hydrogen-bond acceptors (Lipinski definition) is 3. The summed E-state index contributed by atoms with van der Waals surface area (Å²) in [6, 6.07) is 14.9. The predicted octanol–water partition coefficient (Wildman–Crippen LogP) is 2.64. The molecule has 2 rings (SSSR count). The highest BCUT2D eigenvalue weighted by molar-refractivity contribution is 5.94. The van der Waals surface area contributed by atoms with Crippen molar-refractivity contribution in [3.8, 4) is 6.07 Å². The van der Waals surface area contributed by atoms with Gasteiger partial charge in [-0.05, 0) is 23.8 Å². The highest BCUT2D eigenvalue weighted by atomic mass is 16.2. The van der Waals surface area contributed by atoms with Crippen LogP contribution in [-0.4, -0.2) is 22.3 Å². The summed E-state index contributed by atoms with van der Waals surface area (Å²) < 4.78 is 0. The van der Waals surface area contributed by atoms with E-state index < -0.39 is 0 Å². The first-order chi connectivity index (χ1) is 9.81. The van der Waals surface area contributed by atoms with E-state index in [9.17, 15) is 4.79 Å². The summed E-state index contributed by atoms with van der Waals surface area (Å²) in [7, 11) is 0. The van der Waals surface area contributed by atoms with Crippen LogP contribution in [0.4, 0.5) is 0 Å². The molecule has 0 bridgehead atoms. The van der Waals surface area contributed by atoms with Crippen molar-refractivity contribution < 1.29 is 4.79 Å². The van der Waals surface area contributed by atoms with Crippen LogP contribution in [0, 0.1) is 11.3 Å². The second-order valence-corrected chi connectivity index (χ2v) is 4.36. The predicted molar refractivity (Wildman–Crippen MR) is 75.6 cm³/mol. The van der Waals surface area contributed by atoms with Crippen molar-refractivity contribution in [3.05, 3.63) is 66.0 Å². The second-order valence-electron chi connectivity index (χ2n) is 4.36. The lowest BCUT2D eigenvalue weighted by molar-refractivity contribution is 0.0747. The largest absolute Gasteiger partial charge is 0.333 e. The molecule has 4 nitrogen and oxygen atoms in total. The molecule has 1 heterocycles. The number of carbonyl (C=O) groups excluding carboxylic acids is 1. The van der Waals surface area contributed by atoms with Crippen molar-refractivity contribution in [2.75, 3.05) is 6.54 Å². The van der Waals surface area contributed by atoms with Gasteiger partial charge in [-0.2, -0.15) is 5.26 Å². The van der Waals surface area contributed by atoms with Gasteiger partial charge in [0.2, 0.25) is 0 Å². The van der Waals surface area contributed by atoms with Crippen molar-refractivity contribution in [3.63, 3.8) is 0 Å². The molecule has 0 aliphatic carbocycles. The van der Waals surface area contributed by atoms with E-state index in [1.165, 1.54) is 0 Å². The fraction of sp³-hybridized carbons (Fsp3) is 0.188. The van der Waals surface area contributed by atoms with Gasteiger partial charge in [0.05, 0.1) is 12.5 Å². The molecule has 0 unspecified atom stereocenters. The number of nitriles is 1. The Morgan fingerprint density at radius 1 is 1.20 bits per heavy atom. The van der Waals surface area contributed by atoms with Crippen LogP contribution >= 0.6 is 0 Å². The number of carbonyl (C=O) groups is 1. The van der Waals surface area contributed by atoms with Crippen LogP contribution in [0.1, 0.15) is 22.3 Å².